The fraction of sp³-hybridized carbons (Fsp3) is 0.250. The Balaban J connectivity index is 1.70. The van der Waals surface area contributed by atoms with Gasteiger partial charge in [0.15, 0.2) is 0 Å². The summed E-state index contributed by atoms with van der Waals surface area (Å²) in [7, 11) is 0. The van der Waals surface area contributed by atoms with Crippen molar-refractivity contribution in [3.8, 4) is 0 Å². The van der Waals surface area contributed by atoms with E-state index in [9.17, 15) is 19.5 Å². The predicted molar refractivity (Wildman–Crippen MR) is 101 cm³/mol. The monoisotopic (exact) mass is 369 g/mol. The summed E-state index contributed by atoms with van der Waals surface area (Å²) in [4.78, 5) is 35.1. The molecule has 2 aromatic rings. The van der Waals surface area contributed by atoms with E-state index in [2.05, 4.69) is 16.0 Å². The quantitative estimate of drug-likeness (QED) is 0.493. The van der Waals surface area contributed by atoms with Gasteiger partial charge in [-0.15, -0.1) is 0 Å². The van der Waals surface area contributed by atoms with Crippen molar-refractivity contribution in [1.29, 1.82) is 0 Å². The number of benzene rings is 2. The third-order valence-electron chi connectivity index (χ3n) is 3.82. The van der Waals surface area contributed by atoms with Gasteiger partial charge in [0.25, 0.3) is 0 Å². The highest BCUT2D eigenvalue weighted by Gasteiger charge is 2.20. The summed E-state index contributed by atoms with van der Waals surface area (Å²) in [6.45, 7) is 0.331. The highest BCUT2D eigenvalue weighted by molar-refractivity contribution is 5.88. The van der Waals surface area contributed by atoms with E-state index in [1.165, 1.54) is 0 Å². The van der Waals surface area contributed by atoms with Gasteiger partial charge in [0.2, 0.25) is 11.8 Å². The first-order valence-corrected chi connectivity index (χ1v) is 8.62. The molecule has 7 nitrogen and oxygen atoms in total. The molecule has 2 amide bonds. The predicted octanol–water partition coefficient (Wildman–Crippen LogP) is 0.705. The van der Waals surface area contributed by atoms with E-state index in [1.807, 2.05) is 36.4 Å². The topological polar surface area (TPSA) is 108 Å². The lowest BCUT2D eigenvalue weighted by molar-refractivity contribution is -0.141. The maximum Gasteiger partial charge on any atom is 0.326 e. The van der Waals surface area contributed by atoms with Crippen LogP contribution in [-0.4, -0.2) is 42.0 Å². The van der Waals surface area contributed by atoms with Crippen LogP contribution in [0.2, 0.25) is 0 Å². The number of hydrogen-bond acceptors (Lipinski definition) is 4. The third-order valence-corrected chi connectivity index (χ3v) is 3.82. The molecule has 0 saturated heterocycles. The molecule has 0 aliphatic rings. The summed E-state index contributed by atoms with van der Waals surface area (Å²) in [5.41, 5.74) is 1.85. The number of carbonyl (C=O) groups excluding carboxylic acids is 2. The van der Waals surface area contributed by atoms with Gasteiger partial charge in [0, 0.05) is 13.0 Å². The average molecular weight is 369 g/mol. The lowest BCUT2D eigenvalue weighted by atomic mass is 10.1. The smallest absolute Gasteiger partial charge is 0.326 e. The van der Waals surface area contributed by atoms with Crippen LogP contribution >= 0.6 is 0 Å². The number of hydrogen-bond donors (Lipinski definition) is 4. The summed E-state index contributed by atoms with van der Waals surface area (Å²) in [5, 5.41) is 17.2. The van der Waals surface area contributed by atoms with E-state index in [0.29, 0.717) is 6.54 Å². The Morgan fingerprint density at radius 1 is 0.815 bits per heavy atom. The summed E-state index contributed by atoms with van der Waals surface area (Å²) >= 11 is 0. The van der Waals surface area contributed by atoms with E-state index < -0.39 is 17.9 Å². The SMILES string of the molecule is O=C(CNCc1ccccc1)NCC(=O)NC(Cc1ccccc1)C(=O)O. The highest BCUT2D eigenvalue weighted by Crippen LogP contribution is 2.03. The maximum absolute atomic E-state index is 11.9. The van der Waals surface area contributed by atoms with Crippen molar-refractivity contribution >= 4 is 17.8 Å². The average Bonchev–Trinajstić information content (AvgIpc) is 2.67. The minimum Gasteiger partial charge on any atom is -0.480 e. The molecule has 1 unspecified atom stereocenters. The van der Waals surface area contributed by atoms with E-state index in [-0.39, 0.29) is 25.4 Å². The van der Waals surface area contributed by atoms with Crippen LogP contribution < -0.4 is 16.0 Å². The van der Waals surface area contributed by atoms with Gasteiger partial charge in [-0.3, -0.25) is 9.59 Å². The van der Waals surface area contributed by atoms with Crippen molar-refractivity contribution in [3.63, 3.8) is 0 Å². The number of nitrogens with one attached hydrogen (secondary N) is 3. The first-order valence-electron chi connectivity index (χ1n) is 8.62. The normalized spacial score (nSPS) is 11.4. The highest BCUT2D eigenvalue weighted by atomic mass is 16.4. The zero-order valence-electron chi connectivity index (χ0n) is 14.9. The van der Waals surface area contributed by atoms with E-state index in [0.717, 1.165) is 11.1 Å². The maximum atomic E-state index is 11.9. The Morgan fingerprint density at radius 3 is 2.00 bits per heavy atom. The molecule has 1 atom stereocenters. The van der Waals surface area contributed by atoms with Gasteiger partial charge in [0.1, 0.15) is 6.04 Å². The van der Waals surface area contributed by atoms with Gasteiger partial charge in [-0.2, -0.15) is 0 Å². The fourth-order valence-corrected chi connectivity index (χ4v) is 2.45. The van der Waals surface area contributed by atoms with Crippen LogP contribution in [0.25, 0.3) is 0 Å². The van der Waals surface area contributed by atoms with Crippen LogP contribution in [0.3, 0.4) is 0 Å². The molecule has 2 rings (SSSR count). The van der Waals surface area contributed by atoms with Crippen molar-refractivity contribution in [2.75, 3.05) is 13.1 Å². The first kappa shape index (κ1) is 20.1. The van der Waals surface area contributed by atoms with Crippen LogP contribution in [0, 0.1) is 0 Å². The molecule has 0 heterocycles. The van der Waals surface area contributed by atoms with Gasteiger partial charge in [0.05, 0.1) is 13.1 Å². The van der Waals surface area contributed by atoms with Gasteiger partial charge in [-0.25, -0.2) is 4.79 Å². The van der Waals surface area contributed by atoms with Crippen LogP contribution in [0.4, 0.5) is 0 Å². The second-order valence-corrected chi connectivity index (χ2v) is 6.01. The molecule has 0 aliphatic carbocycles. The lowest BCUT2D eigenvalue weighted by Gasteiger charge is -2.15. The minimum atomic E-state index is -1.12. The molecule has 0 aliphatic heterocycles. The summed E-state index contributed by atoms with van der Waals surface area (Å²) in [6, 6.07) is 17.6. The fourth-order valence-electron chi connectivity index (χ4n) is 2.45. The van der Waals surface area contributed by atoms with Crippen molar-refractivity contribution in [3.05, 3.63) is 71.8 Å². The van der Waals surface area contributed by atoms with Crippen LogP contribution in [-0.2, 0) is 27.3 Å². The number of carboxylic acid groups (broad SMARTS) is 1. The second kappa shape index (κ2) is 10.7. The van der Waals surface area contributed by atoms with Crippen LogP contribution in [0.1, 0.15) is 11.1 Å². The Kier molecular flexibility index (Phi) is 7.99. The van der Waals surface area contributed by atoms with Crippen molar-refractivity contribution in [2.45, 2.75) is 19.0 Å². The molecule has 27 heavy (non-hydrogen) atoms. The molecule has 0 aromatic heterocycles. The Labute approximate surface area is 157 Å². The Hall–Kier alpha value is -3.19. The van der Waals surface area contributed by atoms with Gasteiger partial charge in [-0.1, -0.05) is 60.7 Å². The van der Waals surface area contributed by atoms with Gasteiger partial charge in [-0.05, 0) is 11.1 Å². The number of aliphatic carboxylic acids is 1. The molecule has 0 radical (unpaired) electrons. The van der Waals surface area contributed by atoms with Crippen molar-refractivity contribution in [2.24, 2.45) is 0 Å². The molecule has 0 fully saturated rings. The number of rotatable bonds is 10. The summed E-state index contributed by atoms with van der Waals surface area (Å²) in [5.74, 6) is -2.01. The largest absolute Gasteiger partial charge is 0.480 e. The Morgan fingerprint density at radius 2 is 1.41 bits per heavy atom. The zero-order chi connectivity index (χ0) is 19.5. The van der Waals surface area contributed by atoms with Gasteiger partial charge < -0.3 is 21.1 Å². The third kappa shape index (κ3) is 7.70. The minimum absolute atomic E-state index is 0.0640. The first-order chi connectivity index (χ1) is 13.0. The standard InChI is InChI=1S/C20H23N3O4/c24-18(13-21-12-16-9-5-2-6-10-16)22-14-19(25)23-17(20(26)27)11-15-7-3-1-4-8-15/h1-10,17,21H,11-14H2,(H,22,24)(H,23,25)(H,26,27). The van der Waals surface area contributed by atoms with E-state index in [4.69, 9.17) is 0 Å². The van der Waals surface area contributed by atoms with Crippen LogP contribution in [0.5, 0.6) is 0 Å². The number of carbonyl (C=O) groups is 3. The van der Waals surface area contributed by atoms with Crippen LogP contribution in [0.15, 0.2) is 60.7 Å². The molecule has 0 saturated carbocycles. The second-order valence-electron chi connectivity index (χ2n) is 6.01. The number of amides is 2. The van der Waals surface area contributed by atoms with Crippen molar-refractivity contribution in [1.82, 2.24) is 16.0 Å². The van der Waals surface area contributed by atoms with Gasteiger partial charge >= 0.3 is 5.97 Å². The van der Waals surface area contributed by atoms with Crippen molar-refractivity contribution < 1.29 is 19.5 Å². The molecule has 4 N–H and O–H groups in total. The zero-order valence-corrected chi connectivity index (χ0v) is 14.9. The molecule has 2 aromatic carbocycles. The molecule has 0 bridgehead atoms. The summed E-state index contributed by atoms with van der Waals surface area (Å²) in [6.07, 6.45) is 0.175. The molecule has 0 spiro atoms. The molecule has 7 heteroatoms. The van der Waals surface area contributed by atoms with E-state index in [1.54, 1.807) is 24.3 Å². The molecular weight excluding hydrogens is 346 g/mol. The lowest BCUT2D eigenvalue weighted by Crippen LogP contribution is -2.47. The Bertz CT molecular complexity index is 750. The molecular formula is C20H23N3O4. The number of carboxylic acids is 1. The van der Waals surface area contributed by atoms with E-state index >= 15 is 0 Å². The summed E-state index contributed by atoms with van der Waals surface area (Å²) < 4.78 is 0. The molecule has 142 valence electrons.